The van der Waals surface area contributed by atoms with Crippen LogP contribution < -0.4 is 10.2 Å². The number of hydrogen-bond acceptors (Lipinski definition) is 4. The molecule has 3 heterocycles. The maximum Gasteiger partial charge on any atom is 0.264 e. The Hall–Kier alpha value is -1.66. The van der Waals surface area contributed by atoms with E-state index >= 15 is 0 Å². The molecular formula is C23H26N2O2S2. The average Bonchev–Trinajstić information content (AvgIpc) is 2.99. The summed E-state index contributed by atoms with van der Waals surface area (Å²) < 4.78 is 0.428. The molecule has 0 radical (unpaired) electrons. The summed E-state index contributed by atoms with van der Waals surface area (Å²) in [6, 6.07) is 4.32. The van der Waals surface area contributed by atoms with Crippen molar-refractivity contribution in [1.82, 2.24) is 5.32 Å². The van der Waals surface area contributed by atoms with E-state index in [1.807, 2.05) is 0 Å². The van der Waals surface area contributed by atoms with Crippen LogP contribution >= 0.6 is 24.0 Å². The topological polar surface area (TPSA) is 49.4 Å². The zero-order chi connectivity index (χ0) is 20.6. The third kappa shape index (κ3) is 2.75. The van der Waals surface area contributed by atoms with Crippen LogP contribution in [0.3, 0.4) is 0 Å². The molecule has 1 aromatic carbocycles. The molecule has 0 unspecified atom stereocenters. The first-order chi connectivity index (χ1) is 13.7. The summed E-state index contributed by atoms with van der Waals surface area (Å²) in [5, 5.41) is 2.70. The van der Waals surface area contributed by atoms with Gasteiger partial charge < -0.3 is 10.2 Å². The molecule has 6 heteroatoms. The lowest BCUT2D eigenvalue weighted by Crippen LogP contribution is -2.56. The molecule has 4 nitrogen and oxygen atoms in total. The van der Waals surface area contributed by atoms with Gasteiger partial charge in [-0.1, -0.05) is 75.1 Å². The maximum atomic E-state index is 14.0. The van der Waals surface area contributed by atoms with Crippen molar-refractivity contribution in [1.29, 1.82) is 0 Å². The lowest BCUT2D eigenvalue weighted by molar-refractivity contribution is -0.117. The quantitative estimate of drug-likeness (QED) is 0.470. The second-order valence-electron chi connectivity index (χ2n) is 9.60. The van der Waals surface area contributed by atoms with Crippen LogP contribution in [0.4, 0.5) is 5.69 Å². The molecule has 152 valence electrons. The van der Waals surface area contributed by atoms with Gasteiger partial charge in [0.25, 0.3) is 11.8 Å². The van der Waals surface area contributed by atoms with Gasteiger partial charge in [0.15, 0.2) is 0 Å². The normalized spacial score (nSPS) is 27.3. The van der Waals surface area contributed by atoms with Gasteiger partial charge in [0.2, 0.25) is 0 Å². The molecule has 4 aliphatic rings. The van der Waals surface area contributed by atoms with Gasteiger partial charge in [-0.25, -0.2) is 0 Å². The van der Waals surface area contributed by atoms with Crippen molar-refractivity contribution >= 4 is 51.4 Å². The van der Waals surface area contributed by atoms with Crippen molar-refractivity contribution in [2.75, 3.05) is 4.90 Å². The van der Waals surface area contributed by atoms with E-state index in [0.29, 0.717) is 14.8 Å². The van der Waals surface area contributed by atoms with Gasteiger partial charge in [-0.3, -0.25) is 9.59 Å². The fraction of sp³-hybridized carbons (Fsp3) is 0.522. The Morgan fingerprint density at radius 1 is 1.10 bits per heavy atom. The monoisotopic (exact) mass is 426 g/mol. The Balaban J connectivity index is 1.81. The Kier molecular flexibility index (Phi) is 4.27. The summed E-state index contributed by atoms with van der Waals surface area (Å²) in [5.74, 6) is -0.251. The zero-order valence-electron chi connectivity index (χ0n) is 17.2. The number of carbonyl (C=O) groups is 2. The van der Waals surface area contributed by atoms with E-state index in [1.165, 1.54) is 30.2 Å². The smallest absolute Gasteiger partial charge is 0.264 e. The van der Waals surface area contributed by atoms with Crippen molar-refractivity contribution in [2.24, 2.45) is 0 Å². The van der Waals surface area contributed by atoms with Crippen molar-refractivity contribution in [3.8, 4) is 0 Å². The van der Waals surface area contributed by atoms with E-state index < -0.39 is 0 Å². The molecule has 1 N–H and O–H groups in total. The number of amides is 2. The van der Waals surface area contributed by atoms with Crippen LogP contribution in [0, 0.1) is 6.92 Å². The Bertz CT molecular complexity index is 1000. The summed E-state index contributed by atoms with van der Waals surface area (Å²) in [5.41, 5.74) is 4.71. The number of nitrogens with one attached hydrogen (secondary N) is 1. The molecule has 2 fully saturated rings. The van der Waals surface area contributed by atoms with Gasteiger partial charge in [-0.2, -0.15) is 0 Å². The minimum atomic E-state index is -0.243. The molecule has 5 rings (SSSR count). The van der Waals surface area contributed by atoms with Crippen molar-refractivity contribution in [3.63, 3.8) is 0 Å². The molecule has 3 aliphatic heterocycles. The number of hydrogen-bond donors (Lipinski definition) is 1. The lowest BCUT2D eigenvalue weighted by atomic mass is 9.66. The first-order valence-corrected chi connectivity index (χ1v) is 11.7. The second kappa shape index (κ2) is 6.42. The molecule has 0 atom stereocenters. The van der Waals surface area contributed by atoms with Gasteiger partial charge in [0.1, 0.15) is 4.32 Å². The van der Waals surface area contributed by atoms with Crippen LogP contribution in [0.15, 0.2) is 17.0 Å². The number of anilines is 1. The molecular weight excluding hydrogens is 400 g/mol. The highest BCUT2D eigenvalue weighted by Crippen LogP contribution is 2.58. The molecule has 0 aromatic heterocycles. The maximum absolute atomic E-state index is 14.0. The third-order valence-corrected chi connectivity index (χ3v) is 8.25. The van der Waals surface area contributed by atoms with Crippen molar-refractivity contribution < 1.29 is 9.59 Å². The number of rotatable bonds is 0. The largest absolute Gasteiger partial charge is 0.307 e. The highest BCUT2D eigenvalue weighted by atomic mass is 32.2. The Labute approximate surface area is 181 Å². The van der Waals surface area contributed by atoms with Crippen LogP contribution in [0.5, 0.6) is 0 Å². The second-order valence-corrected chi connectivity index (χ2v) is 11.3. The fourth-order valence-electron chi connectivity index (χ4n) is 5.99. The van der Waals surface area contributed by atoms with Gasteiger partial charge >= 0.3 is 0 Å². The zero-order valence-corrected chi connectivity index (χ0v) is 18.8. The Morgan fingerprint density at radius 3 is 2.41 bits per heavy atom. The fourth-order valence-corrected chi connectivity index (χ4v) is 7.10. The predicted molar refractivity (Wildman–Crippen MR) is 122 cm³/mol. The van der Waals surface area contributed by atoms with E-state index in [0.717, 1.165) is 48.9 Å². The van der Waals surface area contributed by atoms with Crippen LogP contribution in [-0.2, 0) is 15.0 Å². The van der Waals surface area contributed by atoms with E-state index in [1.54, 1.807) is 0 Å². The SMILES string of the molecule is Cc1cc2c3c(c1)C(C)(C)CC1(CCCCCC1)N3C(=O)/C2=C1\SC(=S)NC1=O. The Morgan fingerprint density at radius 2 is 1.79 bits per heavy atom. The van der Waals surface area contributed by atoms with Crippen LogP contribution in [-0.4, -0.2) is 21.7 Å². The third-order valence-electron chi connectivity index (χ3n) is 7.02. The first-order valence-electron chi connectivity index (χ1n) is 10.5. The number of thiocarbonyl (C=S) groups is 1. The number of aryl methyl sites for hydroxylation is 1. The number of benzene rings is 1. The van der Waals surface area contributed by atoms with Crippen molar-refractivity contribution in [2.45, 2.75) is 76.7 Å². The molecule has 29 heavy (non-hydrogen) atoms. The lowest BCUT2D eigenvalue weighted by Gasteiger charge is -2.52. The summed E-state index contributed by atoms with van der Waals surface area (Å²) >= 11 is 6.44. The summed E-state index contributed by atoms with van der Waals surface area (Å²) in [4.78, 5) is 29.1. The number of nitrogens with zero attached hydrogens (tertiary/aromatic N) is 1. The van der Waals surface area contributed by atoms with Gasteiger partial charge in [-0.05, 0) is 43.2 Å². The van der Waals surface area contributed by atoms with Gasteiger partial charge in [-0.15, -0.1) is 0 Å². The highest BCUT2D eigenvalue weighted by molar-refractivity contribution is 8.27. The minimum Gasteiger partial charge on any atom is -0.307 e. The number of thioether (sulfide) groups is 1. The van der Waals surface area contributed by atoms with Crippen LogP contribution in [0.25, 0.3) is 5.57 Å². The van der Waals surface area contributed by atoms with Gasteiger partial charge in [0, 0.05) is 11.1 Å². The number of carbonyl (C=O) groups excluding carboxylic acids is 2. The van der Waals surface area contributed by atoms with Crippen LogP contribution in [0.1, 0.15) is 75.5 Å². The van der Waals surface area contributed by atoms with Crippen molar-refractivity contribution in [3.05, 3.63) is 33.7 Å². The standard InChI is InChI=1S/C23H26N2O2S2/c1-13-10-14-16(18-19(26)24-21(28)29-18)20(27)25-17(14)15(11-13)22(2,3)12-23(25)8-6-4-5-7-9-23/h10-11H,4-9,12H2,1-3H3,(H,24,26,28)/b18-16-. The molecule has 1 spiro atoms. The minimum absolute atomic E-state index is 0.00778. The molecule has 1 aromatic rings. The summed E-state index contributed by atoms with van der Waals surface area (Å²) in [6.45, 7) is 6.70. The van der Waals surface area contributed by atoms with E-state index in [9.17, 15) is 9.59 Å². The number of fused-ring (bicyclic) bond motifs is 1. The van der Waals surface area contributed by atoms with Gasteiger partial charge in [0.05, 0.1) is 16.2 Å². The predicted octanol–water partition coefficient (Wildman–Crippen LogP) is 4.97. The van der Waals surface area contributed by atoms with E-state index in [2.05, 4.69) is 43.1 Å². The molecule has 1 aliphatic carbocycles. The summed E-state index contributed by atoms with van der Waals surface area (Å²) in [6.07, 6.45) is 7.83. The molecule has 0 bridgehead atoms. The average molecular weight is 427 g/mol. The molecule has 1 saturated heterocycles. The summed E-state index contributed by atoms with van der Waals surface area (Å²) in [7, 11) is 0. The first kappa shape index (κ1) is 19.3. The van der Waals surface area contributed by atoms with E-state index in [4.69, 9.17) is 12.2 Å². The molecule has 2 amide bonds. The van der Waals surface area contributed by atoms with E-state index in [-0.39, 0.29) is 22.8 Å². The van der Waals surface area contributed by atoms with Crippen LogP contribution in [0.2, 0.25) is 0 Å². The molecule has 1 saturated carbocycles. The highest BCUT2D eigenvalue weighted by Gasteiger charge is 2.55.